The van der Waals surface area contributed by atoms with E-state index in [1.54, 1.807) is 0 Å². The van der Waals surface area contributed by atoms with Crippen LogP contribution in [0.2, 0.25) is 0 Å². The number of carbonyl (C=O) groups excluding carboxylic acids is 2. The number of methoxy groups -OCH3 is 2. The summed E-state index contributed by atoms with van der Waals surface area (Å²) in [5.41, 5.74) is 0.317. The van der Waals surface area contributed by atoms with E-state index >= 15 is 0 Å². The maximum Gasteiger partial charge on any atom is 0.271 e. The first-order chi connectivity index (χ1) is 6.26. The Morgan fingerprint density at radius 1 is 1.64 bits per heavy atom. The van der Waals surface area contributed by atoms with E-state index < -0.39 is 5.97 Å². The second kappa shape index (κ2) is 10.3. The molecule has 1 heterocycles. The van der Waals surface area contributed by atoms with Crippen molar-refractivity contribution in [2.45, 2.75) is 0 Å². The Bertz CT molecular complexity index is 250. The largest absolute Gasteiger partial charge is 0.655 e. The number of carbonyl (C=O) groups is 1. The summed E-state index contributed by atoms with van der Waals surface area (Å²) in [6.07, 6.45) is 2.44. The minimum Gasteiger partial charge on any atom is -0.655 e. The summed E-state index contributed by atoms with van der Waals surface area (Å²) in [7, 11) is 2.57. The van der Waals surface area contributed by atoms with Gasteiger partial charge in [0.2, 0.25) is 0 Å². The van der Waals surface area contributed by atoms with Gasteiger partial charge in [0.05, 0.1) is 7.11 Å². The first-order valence-electron chi connectivity index (χ1n) is 3.16. The summed E-state index contributed by atoms with van der Waals surface area (Å²) < 4.78 is 8.10. The van der Waals surface area contributed by atoms with Gasteiger partial charge in [-0.25, -0.2) is 0 Å². The zero-order valence-corrected chi connectivity index (χ0v) is 10.6. The number of aromatic amines is 1. The van der Waals surface area contributed by atoms with Crippen molar-refractivity contribution in [2.24, 2.45) is 0 Å². The van der Waals surface area contributed by atoms with Crippen LogP contribution >= 0.6 is 0 Å². The van der Waals surface area contributed by atoms with Crippen LogP contribution in [0.15, 0.2) is 6.07 Å². The molecule has 1 rings (SSSR count). The van der Waals surface area contributed by atoms with Crippen LogP contribution in [0.1, 0.15) is 10.5 Å². The molecule has 0 aliphatic rings. The van der Waals surface area contributed by atoms with Crippen molar-refractivity contribution in [2.75, 3.05) is 14.2 Å². The van der Waals surface area contributed by atoms with Gasteiger partial charge in [0, 0.05) is 39.8 Å². The number of aromatic nitrogens is 2. The molecule has 0 spiro atoms. The van der Waals surface area contributed by atoms with Gasteiger partial charge in [-0.1, -0.05) is 6.47 Å². The molecule has 6 nitrogen and oxygen atoms in total. The fourth-order valence-electron chi connectivity index (χ4n) is 0.436. The molecule has 75 valence electrons. The number of H-pyrrole nitrogens is 1. The second-order valence-electron chi connectivity index (χ2n) is 1.69. The predicted octanol–water partition coefficient (Wildman–Crippen LogP) is -0.306. The average molecular weight is 273 g/mol. The standard InChI is InChI=1S/C5H5N2O2.C2H3O2.Y/c1-9-5(8)4-2-3-6-7-4;1-4-2-3;/h2H,1H3,(H,6,7);1H3;/q2*-1;. The molecule has 1 radical (unpaired) electrons. The predicted molar refractivity (Wildman–Crippen MR) is 41.5 cm³/mol. The maximum absolute atomic E-state index is 10.6. The van der Waals surface area contributed by atoms with Gasteiger partial charge in [-0.3, -0.25) is 4.79 Å². The van der Waals surface area contributed by atoms with Crippen molar-refractivity contribution >= 4 is 12.4 Å². The molecule has 0 amide bonds. The van der Waals surface area contributed by atoms with E-state index in [9.17, 15) is 4.79 Å². The Kier molecular flexibility index (Phi) is 11.6. The Morgan fingerprint density at radius 3 is 2.50 bits per heavy atom. The zero-order chi connectivity index (χ0) is 10.1. The van der Waals surface area contributed by atoms with E-state index in [1.807, 2.05) is 0 Å². The van der Waals surface area contributed by atoms with Crippen LogP contribution in [0.3, 0.4) is 0 Å². The van der Waals surface area contributed by atoms with Gasteiger partial charge >= 0.3 is 0 Å². The van der Waals surface area contributed by atoms with E-state index in [4.69, 9.17) is 4.79 Å². The summed E-state index contributed by atoms with van der Waals surface area (Å²) in [6.45, 7) is 1.18. The van der Waals surface area contributed by atoms with E-state index in [2.05, 4.69) is 25.9 Å². The smallest absolute Gasteiger partial charge is 0.271 e. The SMILES string of the molecule is COC(=O)c1c[c-]n[nH]1.CO[C-]=O.[Y]. The minimum absolute atomic E-state index is 0. The molecule has 0 fully saturated rings. The average Bonchev–Trinajstić information content (AvgIpc) is 2.70. The van der Waals surface area contributed by atoms with Crippen LogP contribution < -0.4 is 0 Å². The Hall–Kier alpha value is -0.746. The van der Waals surface area contributed by atoms with Gasteiger partial charge in [0.1, 0.15) is 0 Å². The summed E-state index contributed by atoms with van der Waals surface area (Å²) in [6, 6.07) is 1.42. The van der Waals surface area contributed by atoms with E-state index in [1.165, 1.54) is 26.8 Å². The molecular weight excluding hydrogens is 265 g/mol. The van der Waals surface area contributed by atoms with Crippen LogP contribution in [0.5, 0.6) is 0 Å². The summed E-state index contributed by atoms with van der Waals surface area (Å²) >= 11 is 0. The van der Waals surface area contributed by atoms with Crippen LogP contribution in [0, 0.1) is 6.20 Å². The van der Waals surface area contributed by atoms with Crippen molar-refractivity contribution in [3.63, 3.8) is 0 Å². The Morgan fingerprint density at radius 2 is 2.21 bits per heavy atom. The molecule has 1 aromatic heterocycles. The third-order valence-corrected chi connectivity index (χ3v) is 0.938. The molecule has 0 unspecified atom stereocenters. The molecular formula is C7H8N2O4Y-2. The molecule has 0 saturated heterocycles. The maximum atomic E-state index is 10.6. The Labute approximate surface area is 106 Å². The fraction of sp³-hybridized carbons (Fsp3) is 0.286. The molecule has 0 atom stereocenters. The van der Waals surface area contributed by atoms with Crippen LogP contribution in [0.4, 0.5) is 0 Å². The van der Waals surface area contributed by atoms with Crippen molar-refractivity contribution in [3.05, 3.63) is 18.0 Å². The van der Waals surface area contributed by atoms with Crippen molar-refractivity contribution < 1.29 is 51.8 Å². The fourth-order valence-corrected chi connectivity index (χ4v) is 0.436. The zero-order valence-electron chi connectivity index (χ0n) is 7.73. The normalized spacial score (nSPS) is 7.29. The van der Waals surface area contributed by atoms with Gasteiger partial charge in [-0.2, -0.15) is 6.07 Å². The number of nitrogens with zero attached hydrogens (tertiary/aromatic N) is 1. The third kappa shape index (κ3) is 6.74. The molecule has 14 heavy (non-hydrogen) atoms. The number of hydrogen-bond donors (Lipinski definition) is 1. The molecule has 1 N–H and O–H groups in total. The second-order valence-corrected chi connectivity index (χ2v) is 1.69. The molecule has 0 saturated carbocycles. The quantitative estimate of drug-likeness (QED) is 0.590. The summed E-state index contributed by atoms with van der Waals surface area (Å²) in [5.74, 6) is -0.427. The molecule has 7 heteroatoms. The van der Waals surface area contributed by atoms with Gasteiger partial charge in [-0.15, -0.1) is 6.20 Å². The number of hydrogen-bond acceptors (Lipinski definition) is 5. The Balaban J connectivity index is 0. The molecule has 0 aromatic carbocycles. The number of esters is 1. The minimum atomic E-state index is -0.427. The van der Waals surface area contributed by atoms with Crippen molar-refractivity contribution in [1.29, 1.82) is 0 Å². The number of rotatable bonds is 2. The van der Waals surface area contributed by atoms with Crippen LogP contribution in [-0.4, -0.2) is 36.9 Å². The van der Waals surface area contributed by atoms with E-state index in [0.29, 0.717) is 5.69 Å². The third-order valence-electron chi connectivity index (χ3n) is 0.938. The first-order valence-corrected chi connectivity index (χ1v) is 3.16. The molecule has 0 aliphatic heterocycles. The van der Waals surface area contributed by atoms with Crippen LogP contribution in [-0.2, 0) is 47.0 Å². The van der Waals surface area contributed by atoms with Gasteiger partial charge in [-0.05, 0) is 5.69 Å². The number of ether oxygens (including phenoxy) is 2. The molecule has 0 bridgehead atoms. The van der Waals surface area contributed by atoms with Crippen LogP contribution in [0.25, 0.3) is 0 Å². The van der Waals surface area contributed by atoms with E-state index in [0.717, 1.165) is 0 Å². The topological polar surface area (TPSA) is 81.3 Å². The first kappa shape index (κ1) is 15.7. The van der Waals surface area contributed by atoms with Gasteiger partial charge in [0.15, 0.2) is 0 Å². The molecule has 0 aliphatic carbocycles. The summed E-state index contributed by atoms with van der Waals surface area (Å²) in [4.78, 5) is 19.4. The van der Waals surface area contributed by atoms with Crippen molar-refractivity contribution in [1.82, 2.24) is 10.2 Å². The number of nitrogens with one attached hydrogen (secondary N) is 1. The summed E-state index contributed by atoms with van der Waals surface area (Å²) in [5, 5.41) is 5.85. The van der Waals surface area contributed by atoms with E-state index in [-0.39, 0.29) is 32.7 Å². The van der Waals surface area contributed by atoms with Gasteiger partial charge in [0.25, 0.3) is 5.97 Å². The van der Waals surface area contributed by atoms with Gasteiger partial charge < -0.3 is 24.5 Å². The van der Waals surface area contributed by atoms with Crippen molar-refractivity contribution in [3.8, 4) is 0 Å². The molecule has 1 aromatic rings. The monoisotopic (exact) mass is 273 g/mol.